The summed E-state index contributed by atoms with van der Waals surface area (Å²) in [5, 5.41) is 3.11. The molecule has 0 aliphatic heterocycles. The van der Waals surface area contributed by atoms with Crippen LogP contribution in [0.5, 0.6) is 0 Å². The fourth-order valence-corrected chi connectivity index (χ4v) is 0.928. The van der Waals surface area contributed by atoms with E-state index in [9.17, 15) is 4.39 Å². The van der Waals surface area contributed by atoms with Gasteiger partial charge in [-0.2, -0.15) is 0 Å². The molecular weight excluding hydrogens is 189 g/mol. The first-order valence-electron chi connectivity index (χ1n) is 5.13. The third kappa shape index (κ3) is 7.72. The van der Waals surface area contributed by atoms with Gasteiger partial charge in [-0.1, -0.05) is 19.8 Å². The van der Waals surface area contributed by atoms with Gasteiger partial charge in [0, 0.05) is 5.56 Å². The van der Waals surface area contributed by atoms with Gasteiger partial charge in [0.05, 0.1) is 0 Å². The number of halogens is 1. The number of hydrogen-bond donors (Lipinski definition) is 1. The molecular formula is C13H18FN. The topological polar surface area (TPSA) is 12.0 Å². The predicted octanol–water partition coefficient (Wildman–Crippen LogP) is 2.81. The van der Waals surface area contributed by atoms with Gasteiger partial charge < -0.3 is 5.32 Å². The summed E-state index contributed by atoms with van der Waals surface area (Å²) in [5.74, 6) is 5.33. The number of nitrogens with one attached hydrogen (secondary N) is 1. The van der Waals surface area contributed by atoms with Gasteiger partial charge in [-0.3, -0.25) is 0 Å². The van der Waals surface area contributed by atoms with Crippen LogP contribution in [-0.4, -0.2) is 13.1 Å². The molecule has 0 fully saturated rings. The molecule has 1 N–H and O–H groups in total. The zero-order valence-electron chi connectivity index (χ0n) is 9.60. The van der Waals surface area contributed by atoms with Crippen LogP contribution >= 0.6 is 0 Å². The monoisotopic (exact) mass is 207 g/mol. The second kappa shape index (κ2) is 9.23. The highest BCUT2D eigenvalue weighted by Crippen LogP contribution is 1.99. The molecule has 0 saturated heterocycles. The first-order valence-corrected chi connectivity index (χ1v) is 5.13. The average molecular weight is 207 g/mol. The Morgan fingerprint density at radius 2 is 1.67 bits per heavy atom. The summed E-state index contributed by atoms with van der Waals surface area (Å²) in [7, 11) is 0. The Bertz CT molecular complexity index is 304. The number of rotatable bonds is 2. The quantitative estimate of drug-likeness (QED) is 0.735. The van der Waals surface area contributed by atoms with Gasteiger partial charge in [0.25, 0.3) is 0 Å². The molecule has 0 spiro atoms. The lowest BCUT2D eigenvalue weighted by Gasteiger charge is -1.87. The van der Waals surface area contributed by atoms with Crippen LogP contribution in [0.2, 0.25) is 0 Å². The molecule has 0 radical (unpaired) electrons. The maximum Gasteiger partial charge on any atom is 0.123 e. The molecule has 0 unspecified atom stereocenters. The Labute approximate surface area is 91.7 Å². The van der Waals surface area contributed by atoms with E-state index in [0.29, 0.717) is 0 Å². The molecule has 0 saturated carbocycles. The maximum atomic E-state index is 12.3. The van der Waals surface area contributed by atoms with E-state index in [1.54, 1.807) is 19.1 Å². The summed E-state index contributed by atoms with van der Waals surface area (Å²) in [6, 6.07) is 6.12. The lowest BCUT2D eigenvalue weighted by atomic mass is 10.2. The summed E-state index contributed by atoms with van der Waals surface area (Å²) in [6.45, 7) is 8.14. The molecule has 1 nitrogen and oxygen atoms in total. The molecule has 1 rings (SSSR count). The van der Waals surface area contributed by atoms with Crippen molar-refractivity contribution in [1.29, 1.82) is 0 Å². The highest BCUT2D eigenvalue weighted by atomic mass is 19.1. The first kappa shape index (κ1) is 13.7. The van der Waals surface area contributed by atoms with Gasteiger partial charge in [0.2, 0.25) is 0 Å². The molecule has 0 aliphatic carbocycles. The maximum absolute atomic E-state index is 12.3. The van der Waals surface area contributed by atoms with Crippen molar-refractivity contribution < 1.29 is 4.39 Å². The fraction of sp³-hybridized carbons (Fsp3) is 0.385. The largest absolute Gasteiger partial charge is 0.317 e. The molecule has 15 heavy (non-hydrogen) atoms. The van der Waals surface area contributed by atoms with Crippen LogP contribution in [0.15, 0.2) is 24.3 Å². The summed E-state index contributed by atoms with van der Waals surface area (Å²) in [4.78, 5) is 0. The van der Waals surface area contributed by atoms with Crippen molar-refractivity contribution in [2.45, 2.75) is 20.8 Å². The summed E-state index contributed by atoms with van der Waals surface area (Å²) in [6.07, 6.45) is 0. The zero-order chi connectivity index (χ0) is 11.5. The second-order valence-electron chi connectivity index (χ2n) is 2.84. The highest BCUT2D eigenvalue weighted by molar-refractivity contribution is 5.33. The van der Waals surface area contributed by atoms with Gasteiger partial charge in [-0.25, -0.2) is 4.39 Å². The van der Waals surface area contributed by atoms with Crippen LogP contribution in [0.1, 0.15) is 26.3 Å². The molecule has 0 aromatic heterocycles. The summed E-state index contributed by atoms with van der Waals surface area (Å²) >= 11 is 0. The molecule has 0 atom stereocenters. The lowest BCUT2D eigenvalue weighted by molar-refractivity contribution is 0.627. The van der Waals surface area contributed by atoms with E-state index >= 15 is 0 Å². The number of hydrogen-bond acceptors (Lipinski definition) is 1. The Kier molecular flexibility index (Phi) is 8.42. The molecule has 0 heterocycles. The minimum atomic E-state index is -0.221. The summed E-state index contributed by atoms with van der Waals surface area (Å²) in [5.41, 5.74) is 0.851. The normalized spacial score (nSPS) is 8.27. The molecule has 1 aromatic rings. The van der Waals surface area contributed by atoms with Crippen LogP contribution in [-0.2, 0) is 0 Å². The molecule has 1 aromatic carbocycles. The van der Waals surface area contributed by atoms with Crippen LogP contribution in [0, 0.1) is 17.7 Å². The van der Waals surface area contributed by atoms with E-state index in [0.717, 1.165) is 18.7 Å². The van der Waals surface area contributed by atoms with Gasteiger partial charge in [0.15, 0.2) is 0 Å². The van der Waals surface area contributed by atoms with E-state index in [-0.39, 0.29) is 5.82 Å². The lowest BCUT2D eigenvalue weighted by Crippen LogP contribution is -2.09. The summed E-state index contributed by atoms with van der Waals surface area (Å²) < 4.78 is 12.3. The Hall–Kier alpha value is -1.33. The van der Waals surface area contributed by atoms with Crippen molar-refractivity contribution in [1.82, 2.24) is 5.32 Å². The minimum Gasteiger partial charge on any atom is -0.317 e. The van der Waals surface area contributed by atoms with Crippen LogP contribution in [0.3, 0.4) is 0 Å². The third-order valence-corrected chi connectivity index (χ3v) is 1.61. The van der Waals surface area contributed by atoms with Crippen molar-refractivity contribution in [2.24, 2.45) is 0 Å². The van der Waals surface area contributed by atoms with Crippen molar-refractivity contribution >= 4 is 0 Å². The first-order chi connectivity index (χ1) is 7.24. The van der Waals surface area contributed by atoms with Crippen LogP contribution < -0.4 is 5.32 Å². The minimum absolute atomic E-state index is 0.221. The fourth-order valence-electron chi connectivity index (χ4n) is 0.928. The Morgan fingerprint density at radius 3 is 2.00 bits per heavy atom. The molecule has 0 aliphatic rings. The third-order valence-electron chi connectivity index (χ3n) is 1.61. The van der Waals surface area contributed by atoms with Crippen molar-refractivity contribution in [3.8, 4) is 11.8 Å². The highest BCUT2D eigenvalue weighted by Gasteiger charge is 1.86. The smallest absolute Gasteiger partial charge is 0.123 e. The standard InChI is InChI=1S/C9H7F.C4H11N/c1-2-3-8-4-6-9(10)7-5-8;1-3-5-4-2/h4-7H,1H3;5H,3-4H2,1-2H3. The Balaban J connectivity index is 0.000000336. The van der Waals surface area contributed by atoms with E-state index in [4.69, 9.17) is 0 Å². The van der Waals surface area contributed by atoms with Crippen LogP contribution in [0.4, 0.5) is 4.39 Å². The number of benzene rings is 1. The van der Waals surface area contributed by atoms with Crippen LogP contribution in [0.25, 0.3) is 0 Å². The molecule has 2 heteroatoms. The van der Waals surface area contributed by atoms with Gasteiger partial charge in [-0.15, -0.1) is 5.92 Å². The molecule has 82 valence electrons. The van der Waals surface area contributed by atoms with E-state index < -0.39 is 0 Å². The van der Waals surface area contributed by atoms with Gasteiger partial charge >= 0.3 is 0 Å². The molecule has 0 amide bonds. The van der Waals surface area contributed by atoms with Gasteiger partial charge in [-0.05, 0) is 44.3 Å². The molecule has 0 bridgehead atoms. The average Bonchev–Trinajstić information content (AvgIpc) is 2.24. The van der Waals surface area contributed by atoms with E-state index in [1.165, 1.54) is 12.1 Å². The second-order valence-corrected chi connectivity index (χ2v) is 2.84. The Morgan fingerprint density at radius 1 is 1.13 bits per heavy atom. The SMILES string of the molecule is CC#Cc1ccc(F)cc1.CCNCC. The van der Waals surface area contributed by atoms with Crippen molar-refractivity contribution in [3.63, 3.8) is 0 Å². The van der Waals surface area contributed by atoms with E-state index in [2.05, 4.69) is 31.0 Å². The van der Waals surface area contributed by atoms with E-state index in [1.807, 2.05) is 0 Å². The van der Waals surface area contributed by atoms with Crippen molar-refractivity contribution in [3.05, 3.63) is 35.6 Å². The van der Waals surface area contributed by atoms with Crippen molar-refractivity contribution in [2.75, 3.05) is 13.1 Å². The predicted molar refractivity (Wildman–Crippen MR) is 63.2 cm³/mol. The zero-order valence-corrected chi connectivity index (χ0v) is 9.60. The van der Waals surface area contributed by atoms with Gasteiger partial charge in [0.1, 0.15) is 5.82 Å².